The summed E-state index contributed by atoms with van der Waals surface area (Å²) in [4.78, 5) is 3.96. The van der Waals surface area contributed by atoms with Crippen molar-refractivity contribution in [3.05, 3.63) is 53.6 Å². The molecule has 1 atom stereocenters. The van der Waals surface area contributed by atoms with Crippen molar-refractivity contribution in [2.75, 3.05) is 0 Å². The molecule has 5 heteroatoms. The summed E-state index contributed by atoms with van der Waals surface area (Å²) in [6, 6.07) is 9.53. The van der Waals surface area contributed by atoms with Crippen LogP contribution in [0.25, 0.3) is 6.08 Å². The van der Waals surface area contributed by atoms with Gasteiger partial charge in [-0.3, -0.25) is 0 Å². The molecule has 2 aromatic rings. The van der Waals surface area contributed by atoms with Crippen LogP contribution in [0, 0.1) is 16.7 Å². The number of nitrogens with zero attached hydrogens (tertiary/aromatic N) is 4. The fourth-order valence-electron chi connectivity index (χ4n) is 3.21. The third kappa shape index (κ3) is 2.78. The van der Waals surface area contributed by atoms with Gasteiger partial charge in [0.1, 0.15) is 18.3 Å². The van der Waals surface area contributed by atoms with Crippen molar-refractivity contribution in [1.82, 2.24) is 14.8 Å². The first-order valence-electron chi connectivity index (χ1n) is 7.71. The Balaban J connectivity index is 1.96. The predicted molar refractivity (Wildman–Crippen MR) is 87.1 cm³/mol. The minimum absolute atomic E-state index is 0.239. The van der Waals surface area contributed by atoms with Gasteiger partial charge >= 0.3 is 0 Å². The summed E-state index contributed by atoms with van der Waals surface area (Å²) < 4.78 is 1.68. The highest BCUT2D eigenvalue weighted by Crippen LogP contribution is 2.50. The van der Waals surface area contributed by atoms with E-state index in [1.54, 1.807) is 23.1 Å². The second kappa shape index (κ2) is 5.64. The summed E-state index contributed by atoms with van der Waals surface area (Å²) in [6.45, 7) is 4.56. The van der Waals surface area contributed by atoms with Crippen molar-refractivity contribution in [1.29, 1.82) is 5.26 Å². The maximum atomic E-state index is 11.4. The van der Waals surface area contributed by atoms with Crippen LogP contribution in [-0.4, -0.2) is 25.5 Å². The molecule has 0 aliphatic heterocycles. The standard InChI is InChI=1S/C18H20N4O/c1-17(2)8-7-16(9-14-3-5-15(10-19)6-4-14)18(17,23)11-22-13-20-12-21-22/h3-6,9,12-13,23H,7-8,11H2,1-2H3. The molecule has 23 heavy (non-hydrogen) atoms. The van der Waals surface area contributed by atoms with E-state index in [1.165, 1.54) is 6.33 Å². The normalized spacial score (nSPS) is 24.7. The molecule has 1 aliphatic rings. The number of hydrogen-bond donors (Lipinski definition) is 1. The van der Waals surface area contributed by atoms with Crippen molar-refractivity contribution in [3.8, 4) is 6.07 Å². The lowest BCUT2D eigenvalue weighted by molar-refractivity contribution is -0.0298. The van der Waals surface area contributed by atoms with E-state index in [1.807, 2.05) is 18.2 Å². The molecule has 1 aliphatic carbocycles. The summed E-state index contributed by atoms with van der Waals surface area (Å²) in [6.07, 6.45) is 6.91. The van der Waals surface area contributed by atoms with E-state index in [0.29, 0.717) is 12.1 Å². The average Bonchev–Trinajstić information content (AvgIpc) is 3.11. The highest BCUT2D eigenvalue weighted by Gasteiger charge is 2.51. The summed E-state index contributed by atoms with van der Waals surface area (Å²) in [5.41, 5.74) is 1.43. The Morgan fingerprint density at radius 3 is 2.70 bits per heavy atom. The van der Waals surface area contributed by atoms with Crippen molar-refractivity contribution in [2.45, 2.75) is 38.8 Å². The molecule has 118 valence electrons. The molecule has 0 saturated heterocycles. The summed E-state index contributed by atoms with van der Waals surface area (Å²) >= 11 is 0. The first kappa shape index (κ1) is 15.4. The van der Waals surface area contributed by atoms with Crippen LogP contribution in [0.15, 0.2) is 42.5 Å². The molecular formula is C18H20N4O. The van der Waals surface area contributed by atoms with Gasteiger partial charge in [0.2, 0.25) is 0 Å². The number of hydrogen-bond acceptors (Lipinski definition) is 4. The molecule has 0 amide bonds. The Morgan fingerprint density at radius 2 is 2.09 bits per heavy atom. The Morgan fingerprint density at radius 1 is 1.35 bits per heavy atom. The van der Waals surface area contributed by atoms with Crippen LogP contribution in [0.1, 0.15) is 37.8 Å². The first-order valence-corrected chi connectivity index (χ1v) is 7.71. The van der Waals surface area contributed by atoms with Gasteiger partial charge in [0.05, 0.1) is 18.2 Å². The molecule has 3 rings (SSSR count). The smallest absolute Gasteiger partial charge is 0.137 e. The number of rotatable bonds is 3. The van der Waals surface area contributed by atoms with Crippen molar-refractivity contribution in [2.24, 2.45) is 5.41 Å². The molecule has 1 saturated carbocycles. The van der Waals surface area contributed by atoms with E-state index < -0.39 is 5.60 Å². The lowest BCUT2D eigenvalue weighted by Crippen LogP contribution is -2.45. The minimum atomic E-state index is -0.964. The molecular weight excluding hydrogens is 288 g/mol. The highest BCUT2D eigenvalue weighted by atomic mass is 16.3. The Hall–Kier alpha value is -2.45. The molecule has 5 nitrogen and oxygen atoms in total. The number of nitriles is 1. The SMILES string of the molecule is CC1(C)CCC(=Cc2ccc(C#N)cc2)C1(O)Cn1cncn1. The largest absolute Gasteiger partial charge is 0.383 e. The molecule has 1 fully saturated rings. The zero-order valence-corrected chi connectivity index (χ0v) is 13.4. The monoisotopic (exact) mass is 308 g/mol. The zero-order chi connectivity index (χ0) is 16.5. The molecule has 1 aromatic carbocycles. The Bertz CT molecular complexity index is 753. The highest BCUT2D eigenvalue weighted by molar-refractivity contribution is 5.57. The maximum absolute atomic E-state index is 11.4. The van der Waals surface area contributed by atoms with Gasteiger partial charge in [-0.15, -0.1) is 0 Å². The van der Waals surface area contributed by atoms with Crippen LogP contribution < -0.4 is 0 Å². The van der Waals surface area contributed by atoms with Gasteiger partial charge in [-0.1, -0.05) is 32.1 Å². The maximum Gasteiger partial charge on any atom is 0.137 e. The van der Waals surface area contributed by atoms with Crippen LogP contribution in [0.4, 0.5) is 0 Å². The van der Waals surface area contributed by atoms with Gasteiger partial charge in [-0.25, -0.2) is 9.67 Å². The lowest BCUT2D eigenvalue weighted by atomic mass is 9.76. The van der Waals surface area contributed by atoms with Crippen LogP contribution in [0.5, 0.6) is 0 Å². The van der Waals surface area contributed by atoms with E-state index >= 15 is 0 Å². The van der Waals surface area contributed by atoms with E-state index in [2.05, 4.69) is 30.0 Å². The van der Waals surface area contributed by atoms with Gasteiger partial charge in [-0.2, -0.15) is 10.4 Å². The quantitative estimate of drug-likeness (QED) is 0.946. The molecule has 0 bridgehead atoms. The molecule has 1 heterocycles. The van der Waals surface area contributed by atoms with Crippen LogP contribution in [-0.2, 0) is 6.54 Å². The molecule has 1 N–H and O–H groups in total. The second-order valence-electron chi connectivity index (χ2n) is 6.74. The molecule has 0 radical (unpaired) electrons. The second-order valence-corrected chi connectivity index (χ2v) is 6.74. The fraction of sp³-hybridized carbons (Fsp3) is 0.389. The van der Waals surface area contributed by atoms with Gasteiger partial charge in [0.25, 0.3) is 0 Å². The van der Waals surface area contributed by atoms with Crippen molar-refractivity contribution in [3.63, 3.8) is 0 Å². The fourth-order valence-corrected chi connectivity index (χ4v) is 3.21. The van der Waals surface area contributed by atoms with E-state index in [-0.39, 0.29) is 5.41 Å². The van der Waals surface area contributed by atoms with E-state index in [4.69, 9.17) is 5.26 Å². The third-order valence-corrected chi connectivity index (χ3v) is 4.91. The molecule has 0 spiro atoms. The first-order chi connectivity index (χ1) is 10.9. The molecule has 1 aromatic heterocycles. The topological polar surface area (TPSA) is 74.7 Å². The zero-order valence-electron chi connectivity index (χ0n) is 13.4. The van der Waals surface area contributed by atoms with Crippen LogP contribution in [0.3, 0.4) is 0 Å². The Labute approximate surface area is 135 Å². The lowest BCUT2D eigenvalue weighted by Gasteiger charge is -2.37. The number of benzene rings is 1. The van der Waals surface area contributed by atoms with Gasteiger partial charge < -0.3 is 5.11 Å². The van der Waals surface area contributed by atoms with Gasteiger partial charge in [0, 0.05) is 0 Å². The summed E-state index contributed by atoms with van der Waals surface area (Å²) in [7, 11) is 0. The average molecular weight is 308 g/mol. The van der Waals surface area contributed by atoms with Crippen LogP contribution >= 0.6 is 0 Å². The molecule has 1 unspecified atom stereocenters. The number of aliphatic hydroxyl groups is 1. The minimum Gasteiger partial charge on any atom is -0.383 e. The van der Waals surface area contributed by atoms with Gasteiger partial charge in [-0.05, 0) is 41.5 Å². The Kier molecular flexibility index (Phi) is 3.78. The third-order valence-electron chi connectivity index (χ3n) is 4.91. The van der Waals surface area contributed by atoms with Crippen molar-refractivity contribution < 1.29 is 5.11 Å². The van der Waals surface area contributed by atoms with Crippen molar-refractivity contribution >= 4 is 6.08 Å². The predicted octanol–water partition coefficient (Wildman–Crippen LogP) is 2.78. The summed E-state index contributed by atoms with van der Waals surface area (Å²) in [5, 5.41) is 24.4. The van der Waals surface area contributed by atoms with E-state index in [0.717, 1.165) is 24.0 Å². The summed E-state index contributed by atoms with van der Waals surface area (Å²) in [5.74, 6) is 0. The number of aromatic nitrogens is 3. The van der Waals surface area contributed by atoms with Crippen LogP contribution in [0.2, 0.25) is 0 Å². The van der Waals surface area contributed by atoms with E-state index in [9.17, 15) is 5.11 Å². The van der Waals surface area contributed by atoms with Gasteiger partial charge in [0.15, 0.2) is 0 Å².